The molecule has 0 spiro atoms. The van der Waals surface area contributed by atoms with Gasteiger partial charge in [-0.3, -0.25) is 0 Å². The highest BCUT2D eigenvalue weighted by atomic mass is 16.6. The minimum absolute atomic E-state index is 0.506. The molecule has 0 radical (unpaired) electrons. The topological polar surface area (TPSA) is 109 Å². The van der Waals surface area contributed by atoms with Crippen molar-refractivity contribution in [1.82, 2.24) is 24.9 Å². The molecule has 0 fully saturated rings. The van der Waals surface area contributed by atoms with Crippen LogP contribution in [0.15, 0.2) is 54.9 Å². The van der Waals surface area contributed by atoms with E-state index < -0.39 is 0 Å². The number of nitrogens with zero attached hydrogens (tertiary/aromatic N) is 5. The second-order valence-electron chi connectivity index (χ2n) is 7.56. The Balaban J connectivity index is 1.35. The zero-order valence-corrected chi connectivity index (χ0v) is 17.7. The van der Waals surface area contributed by atoms with E-state index in [-0.39, 0.29) is 0 Å². The molecule has 1 aliphatic heterocycles. The van der Waals surface area contributed by atoms with Gasteiger partial charge in [-0.25, -0.2) is 24.9 Å². The molecule has 0 atom stereocenters. The van der Waals surface area contributed by atoms with Crippen LogP contribution in [0.3, 0.4) is 0 Å². The van der Waals surface area contributed by atoms with Crippen molar-refractivity contribution in [3.05, 3.63) is 83.3 Å². The fourth-order valence-corrected chi connectivity index (χ4v) is 3.62. The van der Waals surface area contributed by atoms with Crippen LogP contribution in [-0.2, 0) is 12.8 Å². The number of hydrogen-bond acceptors (Lipinski definition) is 8. The van der Waals surface area contributed by atoms with Gasteiger partial charge in [0, 0.05) is 30.9 Å². The quantitative estimate of drug-likeness (QED) is 0.485. The number of rotatable bonds is 5. The first-order valence-corrected chi connectivity index (χ1v) is 10.4. The molecule has 0 aliphatic carbocycles. The monoisotopic (exact) mass is 426 g/mol. The summed E-state index contributed by atoms with van der Waals surface area (Å²) in [6.07, 6.45) is 4.63. The molecular formula is C24H22N6O2. The van der Waals surface area contributed by atoms with Crippen molar-refractivity contribution in [2.75, 3.05) is 18.9 Å². The third-order valence-electron chi connectivity index (χ3n) is 5.05. The third kappa shape index (κ3) is 4.34. The molecule has 0 saturated carbocycles. The summed E-state index contributed by atoms with van der Waals surface area (Å²) in [5.41, 5.74) is 11.1. The summed E-state index contributed by atoms with van der Waals surface area (Å²) in [5.74, 6) is 2.58. The molecule has 4 aromatic rings. The van der Waals surface area contributed by atoms with Crippen LogP contribution < -0.4 is 15.2 Å². The summed E-state index contributed by atoms with van der Waals surface area (Å²) < 4.78 is 11.3. The minimum atomic E-state index is 0.506. The largest absolute Gasteiger partial charge is 0.486 e. The Morgan fingerprint density at radius 3 is 2.56 bits per heavy atom. The van der Waals surface area contributed by atoms with E-state index in [2.05, 4.69) is 19.9 Å². The normalized spacial score (nSPS) is 12.5. The molecule has 5 rings (SSSR count). The van der Waals surface area contributed by atoms with Crippen LogP contribution in [0.5, 0.6) is 11.5 Å². The molecule has 1 aliphatic rings. The van der Waals surface area contributed by atoms with Crippen molar-refractivity contribution < 1.29 is 9.47 Å². The van der Waals surface area contributed by atoms with Crippen LogP contribution in [0.2, 0.25) is 0 Å². The van der Waals surface area contributed by atoms with Crippen LogP contribution in [0.4, 0.5) is 5.69 Å². The zero-order valence-electron chi connectivity index (χ0n) is 17.7. The van der Waals surface area contributed by atoms with Crippen molar-refractivity contribution >= 4 is 5.69 Å². The fraction of sp³-hybridized carbons (Fsp3) is 0.208. The Labute approximate surface area is 185 Å². The Bertz CT molecular complexity index is 1280. The summed E-state index contributed by atoms with van der Waals surface area (Å²) in [6.45, 7) is 2.97. The number of ether oxygens (including phenoxy) is 2. The van der Waals surface area contributed by atoms with E-state index in [9.17, 15) is 0 Å². The summed E-state index contributed by atoms with van der Waals surface area (Å²) in [7, 11) is 0. The van der Waals surface area contributed by atoms with Gasteiger partial charge >= 0.3 is 0 Å². The molecule has 0 unspecified atom stereocenters. The van der Waals surface area contributed by atoms with Crippen LogP contribution in [0, 0.1) is 6.92 Å². The predicted molar refractivity (Wildman–Crippen MR) is 119 cm³/mol. The molecule has 0 bridgehead atoms. The highest BCUT2D eigenvalue weighted by Gasteiger charge is 2.17. The summed E-state index contributed by atoms with van der Waals surface area (Å²) >= 11 is 0. The predicted octanol–water partition coefficient (Wildman–Crippen LogP) is 3.17. The molecule has 4 heterocycles. The SMILES string of the molecule is Cc1cccc(-c2nccc(Cc3ccnc(Cc4cc(N)c5c(c4)OCCO5)n3)n2)n1. The Morgan fingerprint density at radius 2 is 1.69 bits per heavy atom. The molecule has 0 amide bonds. The Kier molecular flexibility index (Phi) is 5.33. The van der Waals surface area contributed by atoms with Gasteiger partial charge < -0.3 is 15.2 Å². The standard InChI is InChI=1S/C24H22N6O2/c1-15-3-2-4-20(28-15)24-27-8-6-18(30-24)14-17-5-7-26-22(29-17)13-16-11-19(25)23-21(12-16)31-9-10-32-23/h2-8,11-12H,9-10,13-14,25H2,1H3. The van der Waals surface area contributed by atoms with Crippen molar-refractivity contribution in [2.45, 2.75) is 19.8 Å². The summed E-state index contributed by atoms with van der Waals surface area (Å²) in [5, 5.41) is 0. The first kappa shape index (κ1) is 19.9. The maximum atomic E-state index is 6.13. The molecule has 32 heavy (non-hydrogen) atoms. The third-order valence-corrected chi connectivity index (χ3v) is 5.05. The van der Waals surface area contributed by atoms with Gasteiger partial charge in [-0.1, -0.05) is 6.07 Å². The molecular weight excluding hydrogens is 404 g/mol. The van der Waals surface area contributed by atoms with Crippen LogP contribution >= 0.6 is 0 Å². The molecule has 0 saturated heterocycles. The molecule has 1 aromatic carbocycles. The van der Waals surface area contributed by atoms with E-state index in [1.165, 1.54) is 0 Å². The van der Waals surface area contributed by atoms with Gasteiger partial charge in [0.05, 0.1) is 17.1 Å². The minimum Gasteiger partial charge on any atom is -0.486 e. The lowest BCUT2D eigenvalue weighted by Gasteiger charge is -2.20. The van der Waals surface area contributed by atoms with Crippen LogP contribution in [0.25, 0.3) is 11.5 Å². The van der Waals surface area contributed by atoms with Gasteiger partial charge in [0.15, 0.2) is 17.3 Å². The van der Waals surface area contributed by atoms with E-state index in [0.29, 0.717) is 54.9 Å². The number of pyridine rings is 1. The number of aryl methyl sites for hydroxylation is 1. The van der Waals surface area contributed by atoms with Crippen molar-refractivity contribution in [3.63, 3.8) is 0 Å². The van der Waals surface area contributed by atoms with E-state index in [4.69, 9.17) is 20.2 Å². The molecule has 160 valence electrons. The number of benzene rings is 1. The van der Waals surface area contributed by atoms with Crippen molar-refractivity contribution in [2.24, 2.45) is 0 Å². The second kappa shape index (κ2) is 8.58. The number of aromatic nitrogens is 5. The average Bonchev–Trinajstić information content (AvgIpc) is 2.80. The molecule has 8 heteroatoms. The van der Waals surface area contributed by atoms with Crippen LogP contribution in [0.1, 0.15) is 28.5 Å². The first-order valence-electron chi connectivity index (χ1n) is 10.4. The Hall–Kier alpha value is -4.07. The maximum Gasteiger partial charge on any atom is 0.184 e. The lowest BCUT2D eigenvalue weighted by molar-refractivity contribution is 0.172. The maximum absolute atomic E-state index is 6.13. The second-order valence-corrected chi connectivity index (χ2v) is 7.56. The van der Waals surface area contributed by atoms with Gasteiger partial charge in [0.2, 0.25) is 0 Å². The van der Waals surface area contributed by atoms with Gasteiger partial charge in [0.1, 0.15) is 24.7 Å². The summed E-state index contributed by atoms with van der Waals surface area (Å²) in [6, 6.07) is 13.4. The van der Waals surface area contributed by atoms with E-state index in [1.807, 2.05) is 49.4 Å². The smallest absolute Gasteiger partial charge is 0.184 e. The molecule has 2 N–H and O–H groups in total. The van der Waals surface area contributed by atoms with Crippen molar-refractivity contribution in [3.8, 4) is 23.0 Å². The lowest BCUT2D eigenvalue weighted by Crippen LogP contribution is -2.16. The highest BCUT2D eigenvalue weighted by Crippen LogP contribution is 2.37. The number of nitrogens with two attached hydrogens (primary N) is 1. The lowest BCUT2D eigenvalue weighted by atomic mass is 10.1. The van der Waals surface area contributed by atoms with Gasteiger partial charge in [-0.15, -0.1) is 0 Å². The van der Waals surface area contributed by atoms with E-state index in [0.717, 1.165) is 28.3 Å². The summed E-state index contributed by atoms with van der Waals surface area (Å²) in [4.78, 5) is 22.7. The highest BCUT2D eigenvalue weighted by molar-refractivity contribution is 5.63. The fourth-order valence-electron chi connectivity index (χ4n) is 3.62. The molecule has 8 nitrogen and oxygen atoms in total. The number of nitrogen functional groups attached to an aromatic ring is 1. The molecule has 3 aromatic heterocycles. The van der Waals surface area contributed by atoms with Gasteiger partial charge in [0.25, 0.3) is 0 Å². The number of hydrogen-bond donors (Lipinski definition) is 1. The van der Waals surface area contributed by atoms with Crippen molar-refractivity contribution in [1.29, 1.82) is 0 Å². The van der Waals surface area contributed by atoms with Gasteiger partial charge in [-0.05, 0) is 48.9 Å². The van der Waals surface area contributed by atoms with E-state index >= 15 is 0 Å². The van der Waals surface area contributed by atoms with Crippen LogP contribution in [-0.4, -0.2) is 38.1 Å². The van der Waals surface area contributed by atoms with E-state index in [1.54, 1.807) is 12.4 Å². The first-order chi connectivity index (χ1) is 15.6. The average molecular weight is 426 g/mol. The number of fused-ring (bicyclic) bond motifs is 1. The Morgan fingerprint density at radius 1 is 0.875 bits per heavy atom. The zero-order chi connectivity index (χ0) is 21.9. The van der Waals surface area contributed by atoms with Gasteiger partial charge in [-0.2, -0.15) is 0 Å². The number of anilines is 1.